The molecule has 0 radical (unpaired) electrons. The molecule has 1 rings (SSSR count). The summed E-state index contributed by atoms with van der Waals surface area (Å²) in [6, 6.07) is 1.84. The quantitative estimate of drug-likeness (QED) is 0.628. The predicted octanol–water partition coefficient (Wildman–Crippen LogP) is 1.11. The molecule has 0 saturated carbocycles. The molecule has 0 aliphatic rings. The molecule has 0 aromatic carbocycles. The second kappa shape index (κ2) is 3.25. The maximum Gasteiger partial charge on any atom is 0.124 e. The van der Waals surface area contributed by atoms with Gasteiger partial charge in [0, 0.05) is 0 Å². The normalized spacial score (nSPS) is 13.0. The number of nitrogens with zero attached hydrogens (tertiary/aromatic N) is 2. The van der Waals surface area contributed by atoms with Crippen LogP contribution in [0, 0.1) is 0 Å². The van der Waals surface area contributed by atoms with E-state index in [-0.39, 0.29) is 6.10 Å². The van der Waals surface area contributed by atoms with Gasteiger partial charge in [0.25, 0.3) is 0 Å². The van der Waals surface area contributed by atoms with E-state index in [9.17, 15) is 0 Å². The molecule has 1 heterocycles. The summed E-state index contributed by atoms with van der Waals surface area (Å²) in [6.45, 7) is 4.09. The van der Waals surface area contributed by atoms with Crippen molar-refractivity contribution >= 4 is 0 Å². The molecule has 3 nitrogen and oxygen atoms in total. The van der Waals surface area contributed by atoms with E-state index in [1.807, 2.05) is 13.0 Å². The monoisotopic (exact) mass is 140 g/mol. The molecule has 56 valence electrons. The van der Waals surface area contributed by atoms with Crippen LogP contribution in [0.2, 0.25) is 0 Å². The Hall–Kier alpha value is -0.990. The Morgan fingerprint density at radius 1 is 1.70 bits per heavy atom. The van der Waals surface area contributed by atoms with Crippen LogP contribution in [0.4, 0.5) is 0 Å². The summed E-state index contributed by atoms with van der Waals surface area (Å²) in [5.41, 5.74) is 0. The van der Waals surface area contributed by atoms with Gasteiger partial charge in [-0.2, -0.15) is 0 Å². The van der Waals surface area contributed by atoms with Crippen LogP contribution in [-0.2, 0) is 0 Å². The van der Waals surface area contributed by atoms with Gasteiger partial charge in [0.1, 0.15) is 6.10 Å². The lowest BCUT2D eigenvalue weighted by atomic mass is 10.3. The fourth-order valence-electron chi connectivity index (χ4n) is 0.576. The van der Waals surface area contributed by atoms with Crippen molar-refractivity contribution < 1.29 is 4.84 Å². The van der Waals surface area contributed by atoms with E-state index in [0.717, 1.165) is 6.42 Å². The lowest BCUT2D eigenvalue weighted by Gasteiger charge is -2.09. The molecule has 0 bridgehead atoms. The molecule has 0 saturated heterocycles. The molecule has 1 aromatic rings. The van der Waals surface area contributed by atoms with Gasteiger partial charge < -0.3 is 4.84 Å². The molecule has 1 atom stereocenters. The van der Waals surface area contributed by atoms with Gasteiger partial charge in [-0.05, 0) is 19.4 Å². The van der Waals surface area contributed by atoms with Gasteiger partial charge in [-0.25, -0.2) is 0 Å². The molecule has 10 heavy (non-hydrogen) atoms. The first-order valence-electron chi connectivity index (χ1n) is 3.49. The van der Waals surface area contributed by atoms with E-state index in [2.05, 4.69) is 12.0 Å². The average Bonchev–Trinajstić information content (AvgIpc) is 2.40. The zero-order chi connectivity index (χ0) is 7.40. The SMILES string of the molecule is CCC(C)On1cccn1. The van der Waals surface area contributed by atoms with Crippen molar-refractivity contribution in [1.82, 2.24) is 9.94 Å². The Bertz CT molecular complexity index is 172. The lowest BCUT2D eigenvalue weighted by Crippen LogP contribution is -2.21. The summed E-state index contributed by atoms with van der Waals surface area (Å²) in [5.74, 6) is 0. The zero-order valence-corrected chi connectivity index (χ0v) is 6.32. The highest BCUT2D eigenvalue weighted by atomic mass is 16.7. The summed E-state index contributed by atoms with van der Waals surface area (Å²) < 4.78 is 0. The van der Waals surface area contributed by atoms with E-state index < -0.39 is 0 Å². The number of aromatic nitrogens is 2. The molecular formula is C7H12N2O. The molecule has 0 amide bonds. The average molecular weight is 140 g/mol. The number of hydrogen-bond acceptors (Lipinski definition) is 2. The van der Waals surface area contributed by atoms with Crippen molar-refractivity contribution in [2.45, 2.75) is 26.4 Å². The smallest absolute Gasteiger partial charge is 0.124 e. The van der Waals surface area contributed by atoms with E-state index in [1.165, 1.54) is 4.85 Å². The fraction of sp³-hybridized carbons (Fsp3) is 0.571. The van der Waals surface area contributed by atoms with Gasteiger partial charge >= 0.3 is 0 Å². The Balaban J connectivity index is 2.40. The predicted molar refractivity (Wildman–Crippen MR) is 38.6 cm³/mol. The molecular weight excluding hydrogens is 128 g/mol. The Morgan fingerprint density at radius 3 is 3.00 bits per heavy atom. The molecule has 0 aliphatic carbocycles. The van der Waals surface area contributed by atoms with Crippen LogP contribution in [0.15, 0.2) is 18.5 Å². The maximum absolute atomic E-state index is 5.31. The van der Waals surface area contributed by atoms with Gasteiger partial charge in [0.15, 0.2) is 0 Å². The largest absolute Gasteiger partial charge is 0.394 e. The minimum Gasteiger partial charge on any atom is -0.394 e. The molecule has 3 heteroatoms. The minimum atomic E-state index is 0.236. The van der Waals surface area contributed by atoms with Gasteiger partial charge in [-0.15, -0.1) is 9.94 Å². The van der Waals surface area contributed by atoms with E-state index >= 15 is 0 Å². The van der Waals surface area contributed by atoms with Crippen LogP contribution in [0.3, 0.4) is 0 Å². The third-order valence-electron chi connectivity index (χ3n) is 1.34. The van der Waals surface area contributed by atoms with Crippen LogP contribution in [0.5, 0.6) is 0 Å². The van der Waals surface area contributed by atoms with Crippen LogP contribution in [-0.4, -0.2) is 16.0 Å². The van der Waals surface area contributed by atoms with Crippen molar-refractivity contribution in [2.75, 3.05) is 0 Å². The first-order valence-corrected chi connectivity index (χ1v) is 3.49. The second-order valence-electron chi connectivity index (χ2n) is 2.23. The van der Waals surface area contributed by atoms with Crippen LogP contribution >= 0.6 is 0 Å². The zero-order valence-electron chi connectivity index (χ0n) is 6.32. The molecule has 0 aliphatic heterocycles. The molecule has 1 unspecified atom stereocenters. The summed E-state index contributed by atoms with van der Waals surface area (Å²) >= 11 is 0. The van der Waals surface area contributed by atoms with Crippen molar-refractivity contribution in [3.05, 3.63) is 18.5 Å². The van der Waals surface area contributed by atoms with Gasteiger partial charge in [0.05, 0.1) is 12.4 Å². The van der Waals surface area contributed by atoms with Crippen molar-refractivity contribution in [3.63, 3.8) is 0 Å². The Kier molecular flexibility index (Phi) is 2.31. The van der Waals surface area contributed by atoms with E-state index in [4.69, 9.17) is 4.84 Å². The third kappa shape index (κ3) is 1.76. The van der Waals surface area contributed by atoms with Crippen LogP contribution in [0.1, 0.15) is 20.3 Å². The molecule has 0 spiro atoms. The van der Waals surface area contributed by atoms with Gasteiger partial charge in [-0.3, -0.25) is 0 Å². The van der Waals surface area contributed by atoms with E-state index in [1.54, 1.807) is 12.4 Å². The Labute approximate surface area is 60.6 Å². The molecule has 1 aromatic heterocycles. The highest BCUT2D eigenvalue weighted by Crippen LogP contribution is 1.91. The standard InChI is InChI=1S/C7H12N2O/c1-3-7(2)10-9-6-4-5-8-9/h4-7H,3H2,1-2H3. The van der Waals surface area contributed by atoms with Gasteiger partial charge in [-0.1, -0.05) is 6.92 Å². The first-order chi connectivity index (χ1) is 4.83. The summed E-state index contributed by atoms with van der Waals surface area (Å²) in [4.78, 5) is 6.79. The number of rotatable bonds is 3. The van der Waals surface area contributed by atoms with Crippen LogP contribution in [0.25, 0.3) is 0 Å². The molecule has 0 N–H and O–H groups in total. The fourth-order valence-corrected chi connectivity index (χ4v) is 0.576. The van der Waals surface area contributed by atoms with Crippen LogP contribution < -0.4 is 4.84 Å². The topological polar surface area (TPSA) is 27.1 Å². The van der Waals surface area contributed by atoms with Crippen molar-refractivity contribution in [1.29, 1.82) is 0 Å². The highest BCUT2D eigenvalue weighted by Gasteiger charge is 1.97. The van der Waals surface area contributed by atoms with Gasteiger partial charge in [0.2, 0.25) is 0 Å². The summed E-state index contributed by atoms with van der Waals surface area (Å²) in [6.07, 6.45) is 4.72. The third-order valence-corrected chi connectivity index (χ3v) is 1.34. The minimum absolute atomic E-state index is 0.236. The maximum atomic E-state index is 5.31. The van der Waals surface area contributed by atoms with Crippen molar-refractivity contribution in [3.8, 4) is 0 Å². The Morgan fingerprint density at radius 2 is 2.50 bits per heavy atom. The summed E-state index contributed by atoms with van der Waals surface area (Å²) in [5, 5.41) is 3.90. The second-order valence-corrected chi connectivity index (χ2v) is 2.23. The van der Waals surface area contributed by atoms with E-state index in [0.29, 0.717) is 0 Å². The summed E-state index contributed by atoms with van der Waals surface area (Å²) in [7, 11) is 0. The lowest BCUT2D eigenvalue weighted by molar-refractivity contribution is 0.0238. The first kappa shape index (κ1) is 7.12. The highest BCUT2D eigenvalue weighted by molar-refractivity contribution is 4.75. The van der Waals surface area contributed by atoms with Crippen molar-refractivity contribution in [2.24, 2.45) is 0 Å². The molecule has 0 fully saturated rings. The number of hydrogen-bond donors (Lipinski definition) is 0.